The maximum absolute atomic E-state index is 13.0. The number of halogens is 1. The average molecular weight is 439 g/mol. The highest BCUT2D eigenvalue weighted by Gasteiger charge is 2.39. The fraction of sp³-hybridized carbons (Fsp3) is 0.0909. The number of carbonyl (C=O) groups is 1. The molecule has 0 atom stereocenters. The van der Waals surface area contributed by atoms with Crippen molar-refractivity contribution in [1.82, 2.24) is 5.43 Å². The summed E-state index contributed by atoms with van der Waals surface area (Å²) in [5.41, 5.74) is 2.16. The third-order valence-electron chi connectivity index (χ3n) is 4.27. The quantitative estimate of drug-likeness (QED) is 0.453. The molecule has 0 heterocycles. The van der Waals surface area contributed by atoms with Gasteiger partial charge in [-0.25, -0.2) is 5.43 Å². The number of hydrazone groups is 1. The molecule has 0 saturated heterocycles. The van der Waals surface area contributed by atoms with E-state index in [0.717, 1.165) is 4.47 Å². The Morgan fingerprint density at radius 1 is 1.04 bits per heavy atom. The molecule has 0 radical (unpaired) electrons. The number of hydrogen-bond donors (Lipinski definition) is 2. The Kier molecular flexibility index (Phi) is 6.23. The number of benzene rings is 3. The van der Waals surface area contributed by atoms with Gasteiger partial charge in [-0.1, -0.05) is 76.6 Å². The summed E-state index contributed by atoms with van der Waals surface area (Å²) in [6.45, 7) is 0. The molecule has 3 aromatic carbocycles. The number of nitrogens with zero attached hydrogens (tertiary/aromatic N) is 1. The van der Waals surface area contributed by atoms with Crippen molar-refractivity contribution >= 4 is 28.1 Å². The lowest BCUT2D eigenvalue weighted by Crippen LogP contribution is -2.43. The number of methoxy groups -OCH3 is 1. The number of rotatable bonds is 6. The van der Waals surface area contributed by atoms with E-state index in [9.17, 15) is 9.90 Å². The van der Waals surface area contributed by atoms with E-state index in [2.05, 4.69) is 26.5 Å². The van der Waals surface area contributed by atoms with Gasteiger partial charge in [0.15, 0.2) is 5.60 Å². The van der Waals surface area contributed by atoms with E-state index >= 15 is 0 Å². The van der Waals surface area contributed by atoms with Gasteiger partial charge in [-0.2, -0.15) is 5.10 Å². The Hall–Kier alpha value is -2.96. The Morgan fingerprint density at radius 2 is 1.61 bits per heavy atom. The fourth-order valence-electron chi connectivity index (χ4n) is 2.84. The summed E-state index contributed by atoms with van der Waals surface area (Å²) in [6.07, 6.45) is 1.47. The molecule has 1 amide bonds. The van der Waals surface area contributed by atoms with Gasteiger partial charge in [0.25, 0.3) is 5.91 Å². The number of aliphatic hydroxyl groups is 1. The first-order valence-electron chi connectivity index (χ1n) is 8.56. The first kappa shape index (κ1) is 19.8. The molecule has 3 aromatic rings. The second-order valence-corrected chi connectivity index (χ2v) is 6.94. The van der Waals surface area contributed by atoms with E-state index in [1.54, 1.807) is 61.7 Å². The summed E-state index contributed by atoms with van der Waals surface area (Å²) >= 11 is 3.39. The van der Waals surface area contributed by atoms with Crippen molar-refractivity contribution in [3.8, 4) is 5.75 Å². The molecule has 2 N–H and O–H groups in total. The minimum absolute atomic E-state index is 0.453. The highest BCUT2D eigenvalue weighted by Crippen LogP contribution is 2.30. The zero-order chi connectivity index (χ0) is 20.0. The van der Waals surface area contributed by atoms with Crippen LogP contribution in [0.25, 0.3) is 0 Å². The van der Waals surface area contributed by atoms with Crippen molar-refractivity contribution in [2.45, 2.75) is 5.60 Å². The monoisotopic (exact) mass is 438 g/mol. The van der Waals surface area contributed by atoms with Crippen LogP contribution < -0.4 is 10.2 Å². The third kappa shape index (κ3) is 4.13. The molecular weight excluding hydrogens is 420 g/mol. The standard InChI is InChI=1S/C22H19BrN2O3/c1-28-20-13-12-19(23)14-16(20)15-24-25-21(26)22(27,17-8-4-2-5-9-17)18-10-6-3-7-11-18/h2-15,27H,1H3,(H,25,26). The number of ether oxygens (including phenoxy) is 1. The number of nitrogens with one attached hydrogen (secondary N) is 1. The van der Waals surface area contributed by atoms with Crippen molar-refractivity contribution in [3.63, 3.8) is 0 Å². The van der Waals surface area contributed by atoms with Gasteiger partial charge in [0.1, 0.15) is 5.75 Å². The van der Waals surface area contributed by atoms with E-state index < -0.39 is 11.5 Å². The SMILES string of the molecule is COc1ccc(Br)cc1C=NNC(=O)C(O)(c1ccccc1)c1ccccc1. The van der Waals surface area contributed by atoms with Crippen LogP contribution in [-0.2, 0) is 10.4 Å². The summed E-state index contributed by atoms with van der Waals surface area (Å²) in [4.78, 5) is 13.0. The molecule has 0 aliphatic rings. The van der Waals surface area contributed by atoms with E-state index in [1.807, 2.05) is 24.3 Å². The molecule has 28 heavy (non-hydrogen) atoms. The molecule has 5 nitrogen and oxygen atoms in total. The number of amides is 1. The second-order valence-electron chi connectivity index (χ2n) is 6.03. The summed E-state index contributed by atoms with van der Waals surface area (Å²) in [5.74, 6) is -0.0438. The first-order valence-corrected chi connectivity index (χ1v) is 9.35. The minimum atomic E-state index is -1.87. The third-order valence-corrected chi connectivity index (χ3v) is 4.77. The Bertz CT molecular complexity index is 936. The van der Waals surface area contributed by atoms with Crippen molar-refractivity contribution in [1.29, 1.82) is 0 Å². The molecule has 142 valence electrons. The molecule has 0 unspecified atom stereocenters. The summed E-state index contributed by atoms with van der Waals surface area (Å²) < 4.78 is 6.14. The highest BCUT2D eigenvalue weighted by molar-refractivity contribution is 9.10. The lowest BCUT2D eigenvalue weighted by atomic mass is 9.85. The van der Waals surface area contributed by atoms with Crippen LogP contribution in [0.5, 0.6) is 5.75 Å². The van der Waals surface area contributed by atoms with Crippen LogP contribution in [0.3, 0.4) is 0 Å². The summed E-state index contributed by atoms with van der Waals surface area (Å²) in [7, 11) is 1.56. The molecule has 0 aromatic heterocycles. The van der Waals surface area contributed by atoms with Crippen LogP contribution in [0.4, 0.5) is 0 Å². The smallest absolute Gasteiger partial charge is 0.281 e. The van der Waals surface area contributed by atoms with Gasteiger partial charge in [0.05, 0.1) is 13.3 Å². The van der Waals surface area contributed by atoms with Crippen LogP contribution >= 0.6 is 15.9 Å². The van der Waals surface area contributed by atoms with Crippen LogP contribution in [0.1, 0.15) is 16.7 Å². The Morgan fingerprint density at radius 3 is 2.14 bits per heavy atom. The van der Waals surface area contributed by atoms with Gasteiger partial charge in [-0.3, -0.25) is 4.79 Å². The topological polar surface area (TPSA) is 70.9 Å². The molecule has 0 bridgehead atoms. The Balaban J connectivity index is 1.90. The number of hydrogen-bond acceptors (Lipinski definition) is 4. The Labute approximate surface area is 171 Å². The molecule has 0 saturated carbocycles. The van der Waals surface area contributed by atoms with Crippen molar-refractivity contribution in [2.75, 3.05) is 7.11 Å². The largest absolute Gasteiger partial charge is 0.496 e. The van der Waals surface area contributed by atoms with Crippen LogP contribution in [0.15, 0.2) is 88.4 Å². The highest BCUT2D eigenvalue weighted by atomic mass is 79.9. The lowest BCUT2D eigenvalue weighted by molar-refractivity contribution is -0.136. The predicted molar refractivity (Wildman–Crippen MR) is 112 cm³/mol. The molecule has 6 heteroatoms. The maximum atomic E-state index is 13.0. The molecule has 3 rings (SSSR count). The molecular formula is C22H19BrN2O3. The zero-order valence-electron chi connectivity index (χ0n) is 15.2. The van der Waals surface area contributed by atoms with Gasteiger partial charge in [-0.15, -0.1) is 0 Å². The molecule has 0 aliphatic carbocycles. The average Bonchev–Trinajstić information content (AvgIpc) is 2.74. The van der Waals surface area contributed by atoms with Crippen molar-refractivity contribution in [3.05, 3.63) is 100 Å². The molecule has 0 fully saturated rings. The van der Waals surface area contributed by atoms with Gasteiger partial charge >= 0.3 is 0 Å². The predicted octanol–water partition coefficient (Wildman–Crippen LogP) is 3.84. The maximum Gasteiger partial charge on any atom is 0.281 e. The van der Waals surface area contributed by atoms with E-state index in [0.29, 0.717) is 22.4 Å². The van der Waals surface area contributed by atoms with E-state index in [-0.39, 0.29) is 0 Å². The first-order chi connectivity index (χ1) is 13.6. The normalized spacial score (nSPS) is 11.4. The van der Waals surface area contributed by atoms with Gasteiger partial charge in [0.2, 0.25) is 0 Å². The second kappa shape index (κ2) is 8.82. The van der Waals surface area contributed by atoms with Gasteiger partial charge in [0, 0.05) is 10.0 Å². The number of carbonyl (C=O) groups excluding carboxylic acids is 1. The van der Waals surface area contributed by atoms with E-state index in [4.69, 9.17) is 4.74 Å². The van der Waals surface area contributed by atoms with Gasteiger partial charge < -0.3 is 9.84 Å². The van der Waals surface area contributed by atoms with Crippen molar-refractivity contribution in [2.24, 2.45) is 5.10 Å². The summed E-state index contributed by atoms with van der Waals surface area (Å²) in [6, 6.07) is 23.0. The van der Waals surface area contributed by atoms with Crippen molar-refractivity contribution < 1.29 is 14.6 Å². The lowest BCUT2D eigenvalue weighted by Gasteiger charge is -2.27. The van der Waals surface area contributed by atoms with Crippen LogP contribution in [-0.4, -0.2) is 24.3 Å². The summed E-state index contributed by atoms with van der Waals surface area (Å²) in [5, 5.41) is 15.4. The molecule has 0 spiro atoms. The zero-order valence-corrected chi connectivity index (χ0v) is 16.8. The van der Waals surface area contributed by atoms with E-state index in [1.165, 1.54) is 6.21 Å². The van der Waals surface area contributed by atoms with Crippen LogP contribution in [0.2, 0.25) is 0 Å². The molecule has 0 aliphatic heterocycles. The fourth-order valence-corrected chi connectivity index (χ4v) is 3.21. The van der Waals surface area contributed by atoms with Gasteiger partial charge in [-0.05, 0) is 29.3 Å². The minimum Gasteiger partial charge on any atom is -0.496 e. The van der Waals surface area contributed by atoms with Crippen LogP contribution in [0, 0.1) is 0 Å².